The van der Waals surface area contributed by atoms with Gasteiger partial charge in [-0.05, 0) is 43.4 Å². The summed E-state index contributed by atoms with van der Waals surface area (Å²) in [4.78, 5) is 59.0. The van der Waals surface area contributed by atoms with Gasteiger partial charge in [0.2, 0.25) is 23.5 Å². The minimum atomic E-state index is -0.965. The molecule has 0 spiro atoms. The zero-order chi connectivity index (χ0) is 31.8. The molecule has 9 N–H and O–H groups in total. The Morgan fingerprint density at radius 1 is 1.05 bits per heavy atom. The topological polar surface area (TPSA) is 220 Å². The fourth-order valence-electron chi connectivity index (χ4n) is 5.20. The van der Waals surface area contributed by atoms with Crippen LogP contribution in [-0.2, 0) is 20.8 Å². The summed E-state index contributed by atoms with van der Waals surface area (Å²) in [6.07, 6.45) is 1.91. The molecule has 13 nitrogen and oxygen atoms in total. The number of thiazole rings is 1. The summed E-state index contributed by atoms with van der Waals surface area (Å²) < 4.78 is 0.849. The van der Waals surface area contributed by atoms with Crippen molar-refractivity contribution in [3.8, 4) is 0 Å². The van der Waals surface area contributed by atoms with E-state index in [4.69, 9.17) is 22.3 Å². The van der Waals surface area contributed by atoms with E-state index in [-0.39, 0.29) is 40.8 Å². The van der Waals surface area contributed by atoms with Gasteiger partial charge in [-0.2, -0.15) is 0 Å². The number of Topliss-reactive ketones (excluding diaryl/α,β-unsaturated/α-hetero) is 1. The van der Waals surface area contributed by atoms with Crippen molar-refractivity contribution in [2.75, 3.05) is 13.1 Å². The van der Waals surface area contributed by atoms with Crippen molar-refractivity contribution >= 4 is 56.9 Å². The number of likely N-dealkylation sites (tertiary alicyclic amines) is 1. The van der Waals surface area contributed by atoms with Gasteiger partial charge in [-0.25, -0.2) is 4.98 Å². The number of ketones is 1. The lowest BCUT2D eigenvalue weighted by Gasteiger charge is -2.29. The number of nitrogens with one attached hydrogen (secondary N) is 5. The third-order valence-corrected chi connectivity index (χ3v) is 8.39. The highest BCUT2D eigenvalue weighted by molar-refractivity contribution is 7.20. The van der Waals surface area contributed by atoms with E-state index in [9.17, 15) is 19.2 Å². The van der Waals surface area contributed by atoms with Crippen LogP contribution in [0.3, 0.4) is 0 Å². The maximum Gasteiger partial charge on any atom is 0.245 e. The Morgan fingerprint density at radius 3 is 2.43 bits per heavy atom. The van der Waals surface area contributed by atoms with Gasteiger partial charge in [-0.3, -0.25) is 30.0 Å². The predicted molar refractivity (Wildman–Crippen MR) is 169 cm³/mol. The number of hydrogen-bond donors (Lipinski definition) is 7. The summed E-state index contributed by atoms with van der Waals surface area (Å²) in [6.45, 7) is 2.01. The summed E-state index contributed by atoms with van der Waals surface area (Å²) in [7, 11) is 0. The number of nitrogen functional groups attached to an aromatic ring is 1. The number of amides is 3. The van der Waals surface area contributed by atoms with Gasteiger partial charge in [0.05, 0.1) is 16.3 Å². The second-order valence-corrected chi connectivity index (χ2v) is 11.7. The molecule has 4 rings (SSSR count). The molecule has 1 saturated heterocycles. The van der Waals surface area contributed by atoms with Gasteiger partial charge in [-0.1, -0.05) is 36.4 Å². The van der Waals surface area contributed by atoms with E-state index in [1.807, 2.05) is 24.3 Å². The molecule has 0 aliphatic carbocycles. The molecule has 1 aromatic heterocycles. The van der Waals surface area contributed by atoms with Crippen molar-refractivity contribution in [2.45, 2.75) is 57.2 Å². The molecule has 14 heteroatoms. The van der Waals surface area contributed by atoms with Gasteiger partial charge >= 0.3 is 0 Å². The Balaban J connectivity index is 1.54. The van der Waals surface area contributed by atoms with Gasteiger partial charge in [0, 0.05) is 32.0 Å². The van der Waals surface area contributed by atoms with E-state index in [0.29, 0.717) is 49.9 Å². The number of rotatable bonds is 13. The smallest absolute Gasteiger partial charge is 0.245 e. The number of nitrogens with zero attached hydrogens (tertiary/aromatic N) is 2. The van der Waals surface area contributed by atoms with Crippen molar-refractivity contribution in [3.05, 3.63) is 64.7 Å². The molecule has 2 aromatic carbocycles. The largest absolute Gasteiger partial charge is 0.384 e. The Hall–Kier alpha value is -4.85. The average Bonchev–Trinajstić information content (AvgIpc) is 3.65. The van der Waals surface area contributed by atoms with E-state index in [0.717, 1.165) is 10.3 Å². The number of guanidine groups is 1. The lowest BCUT2D eigenvalue weighted by atomic mass is 10.00. The van der Waals surface area contributed by atoms with Crippen molar-refractivity contribution in [2.24, 2.45) is 11.5 Å². The van der Waals surface area contributed by atoms with Crippen LogP contribution in [0.1, 0.15) is 53.5 Å². The Morgan fingerprint density at radius 2 is 1.77 bits per heavy atom. The minimum Gasteiger partial charge on any atom is -0.384 e. The van der Waals surface area contributed by atoms with Crippen molar-refractivity contribution < 1.29 is 19.2 Å². The Bertz CT molecular complexity index is 1520. The highest BCUT2D eigenvalue weighted by Gasteiger charge is 2.39. The van der Waals surface area contributed by atoms with Crippen LogP contribution >= 0.6 is 11.3 Å². The Labute approximate surface area is 258 Å². The van der Waals surface area contributed by atoms with E-state index in [1.165, 1.54) is 23.2 Å². The molecule has 1 fully saturated rings. The van der Waals surface area contributed by atoms with E-state index in [1.54, 1.807) is 24.3 Å². The first-order chi connectivity index (χ1) is 21.0. The fourth-order valence-corrected chi connectivity index (χ4v) is 6.16. The van der Waals surface area contributed by atoms with Crippen LogP contribution in [-0.4, -0.2) is 76.4 Å². The molecule has 44 heavy (non-hydrogen) atoms. The van der Waals surface area contributed by atoms with Crippen molar-refractivity contribution in [3.63, 3.8) is 0 Å². The molecule has 1 aliphatic rings. The van der Waals surface area contributed by atoms with Crippen LogP contribution in [0.2, 0.25) is 0 Å². The lowest BCUT2D eigenvalue weighted by molar-refractivity contribution is -0.141. The molecular weight excluding hydrogens is 582 g/mol. The summed E-state index contributed by atoms with van der Waals surface area (Å²) in [5.41, 5.74) is 12.9. The summed E-state index contributed by atoms with van der Waals surface area (Å²) in [5, 5.41) is 23.5. The number of carbonyl (C=O) groups excluding carboxylic acids is 4. The first-order valence-corrected chi connectivity index (χ1v) is 15.1. The monoisotopic (exact) mass is 619 g/mol. The van der Waals surface area contributed by atoms with E-state index >= 15 is 0 Å². The molecule has 2 heterocycles. The quantitative estimate of drug-likeness (QED) is 0.0637. The summed E-state index contributed by atoms with van der Waals surface area (Å²) >= 11 is 1.25. The number of amidine groups is 1. The molecule has 232 valence electrons. The number of para-hydroxylation sites is 1. The lowest BCUT2D eigenvalue weighted by Crippen LogP contribution is -2.55. The molecule has 0 saturated carbocycles. The predicted octanol–water partition coefficient (Wildman–Crippen LogP) is 1.25. The number of benzene rings is 2. The highest BCUT2D eigenvalue weighted by atomic mass is 32.1. The first kappa shape index (κ1) is 32.1. The van der Waals surface area contributed by atoms with Crippen LogP contribution < -0.4 is 27.4 Å². The fraction of sp³-hybridized carbons (Fsp3) is 0.367. The van der Waals surface area contributed by atoms with Crippen molar-refractivity contribution in [1.82, 2.24) is 25.8 Å². The molecule has 0 bridgehead atoms. The number of aromatic nitrogens is 1. The van der Waals surface area contributed by atoms with Gasteiger partial charge in [0.1, 0.15) is 17.9 Å². The SMILES string of the molecule is CC(=O)N[C@@H](CCCNC(=N)N)C(=O)N1CCC[C@H]1C(=O)NC(Cc1ccc(C(=N)N)cc1)C(=O)c1nc2ccccc2s1. The van der Waals surface area contributed by atoms with Crippen LogP contribution in [0, 0.1) is 10.8 Å². The van der Waals surface area contributed by atoms with Crippen LogP contribution in [0.15, 0.2) is 48.5 Å². The standard InChI is InChI=1S/C30H37N9O4S/c1-17(40)36-21(7-4-14-35-30(33)34)29(43)39-15-5-8-23(39)27(42)37-22(16-18-10-12-19(13-11-18)26(31)32)25(41)28-38-20-6-2-3-9-24(20)44-28/h2-3,6,9-13,21-23H,4-5,7-8,14-16H2,1H3,(H3,31,32)(H,36,40)(H,37,42)(H4,33,34,35)/t21-,22?,23-/m0/s1. The zero-order valence-electron chi connectivity index (χ0n) is 24.4. The number of nitrogens with two attached hydrogens (primary N) is 2. The molecule has 3 amide bonds. The van der Waals surface area contributed by atoms with Crippen molar-refractivity contribution in [1.29, 1.82) is 10.8 Å². The van der Waals surface area contributed by atoms with Gasteiger partial charge in [0.15, 0.2) is 11.0 Å². The molecule has 3 atom stereocenters. The normalized spacial score (nSPS) is 15.8. The Kier molecular flexibility index (Phi) is 10.6. The first-order valence-electron chi connectivity index (χ1n) is 14.3. The van der Waals surface area contributed by atoms with E-state index in [2.05, 4.69) is 20.9 Å². The molecule has 0 radical (unpaired) electrons. The maximum absolute atomic E-state index is 13.8. The third kappa shape index (κ3) is 8.16. The van der Waals surface area contributed by atoms with Gasteiger partial charge in [0.25, 0.3) is 0 Å². The average molecular weight is 620 g/mol. The molecule has 1 unspecified atom stereocenters. The van der Waals surface area contributed by atoms with Gasteiger partial charge in [-0.15, -0.1) is 11.3 Å². The molecular formula is C30H37N9O4S. The van der Waals surface area contributed by atoms with Crippen LogP contribution in [0.4, 0.5) is 0 Å². The van der Waals surface area contributed by atoms with Crippen LogP contribution in [0.25, 0.3) is 10.2 Å². The minimum absolute atomic E-state index is 0.0781. The molecule has 1 aliphatic heterocycles. The number of fused-ring (bicyclic) bond motifs is 1. The number of carbonyl (C=O) groups is 4. The second kappa shape index (κ2) is 14.6. The van der Waals surface area contributed by atoms with E-state index < -0.39 is 24.0 Å². The summed E-state index contributed by atoms with van der Waals surface area (Å²) in [5.74, 6) is -1.83. The second-order valence-electron chi connectivity index (χ2n) is 10.7. The summed E-state index contributed by atoms with van der Waals surface area (Å²) in [6, 6.07) is 11.6. The highest BCUT2D eigenvalue weighted by Crippen LogP contribution is 2.24. The van der Waals surface area contributed by atoms with Crippen LogP contribution in [0.5, 0.6) is 0 Å². The number of hydrogen-bond acceptors (Lipinski definition) is 8. The maximum atomic E-state index is 13.8. The molecule has 3 aromatic rings. The zero-order valence-corrected chi connectivity index (χ0v) is 25.2. The van der Waals surface area contributed by atoms with Gasteiger partial charge < -0.3 is 32.3 Å². The third-order valence-electron chi connectivity index (χ3n) is 7.34.